The van der Waals surface area contributed by atoms with Crippen LogP contribution in [0.1, 0.15) is 0 Å². The second-order valence-corrected chi connectivity index (χ2v) is 0.805. The van der Waals surface area contributed by atoms with Crippen molar-refractivity contribution < 1.29 is 10.2 Å². The maximum atomic E-state index is 9.46. The highest BCUT2D eigenvalue weighted by molar-refractivity contribution is 4.78. The molecule has 2 heteroatoms. The third kappa shape index (κ3) is 3.66. The zero-order valence-corrected chi connectivity index (χ0v) is 3.39. The third-order valence-corrected chi connectivity index (χ3v) is 0.359. The lowest BCUT2D eigenvalue weighted by Crippen LogP contribution is -1.70. The molecule has 0 bridgehead atoms. The maximum absolute atomic E-state index is 9.46. The Labute approximate surface area is 36.7 Å². The standard InChI is InChI=1S/C4H6O2/c5-3-1-2-4-6/h1-2H,3-4H2. The molecule has 0 aromatic heterocycles. The van der Waals surface area contributed by atoms with E-state index in [4.69, 9.17) is 0 Å². The minimum atomic E-state index is -0.276. The number of rotatable bonds is 2. The van der Waals surface area contributed by atoms with E-state index in [2.05, 4.69) is 0 Å². The van der Waals surface area contributed by atoms with Crippen molar-refractivity contribution in [2.45, 2.75) is 0 Å². The quantitative estimate of drug-likeness (QED) is 0.436. The Morgan fingerprint density at radius 2 is 1.33 bits per heavy atom. The SMILES string of the molecule is [O]CC=CC[O]. The van der Waals surface area contributed by atoms with Gasteiger partial charge in [0, 0.05) is 0 Å². The van der Waals surface area contributed by atoms with Crippen LogP contribution in [0, 0.1) is 0 Å². The van der Waals surface area contributed by atoms with Crippen molar-refractivity contribution in [3.8, 4) is 0 Å². The Balaban J connectivity index is 2.73. The van der Waals surface area contributed by atoms with Gasteiger partial charge >= 0.3 is 0 Å². The van der Waals surface area contributed by atoms with Crippen LogP contribution >= 0.6 is 0 Å². The van der Waals surface area contributed by atoms with Gasteiger partial charge in [-0.3, -0.25) is 0 Å². The molecule has 0 aromatic rings. The highest BCUT2D eigenvalue weighted by Gasteiger charge is 1.64. The van der Waals surface area contributed by atoms with Crippen molar-refractivity contribution in [1.82, 2.24) is 0 Å². The Morgan fingerprint density at radius 1 is 1.00 bits per heavy atom. The minimum absolute atomic E-state index is 0.276. The molecule has 2 nitrogen and oxygen atoms in total. The molecule has 0 saturated heterocycles. The lowest BCUT2D eigenvalue weighted by atomic mass is 10.5. The average molecular weight is 86.1 g/mol. The van der Waals surface area contributed by atoms with E-state index in [1.54, 1.807) is 0 Å². The molecule has 0 aromatic carbocycles. The van der Waals surface area contributed by atoms with E-state index < -0.39 is 0 Å². The monoisotopic (exact) mass is 86.0 g/mol. The van der Waals surface area contributed by atoms with Crippen molar-refractivity contribution in [3.63, 3.8) is 0 Å². The van der Waals surface area contributed by atoms with Gasteiger partial charge in [-0.05, 0) is 0 Å². The van der Waals surface area contributed by atoms with E-state index >= 15 is 0 Å². The summed E-state index contributed by atoms with van der Waals surface area (Å²) in [7, 11) is 0. The molecule has 2 radical (unpaired) electrons. The second-order valence-electron chi connectivity index (χ2n) is 0.805. The molecule has 0 N–H and O–H groups in total. The minimum Gasteiger partial charge on any atom is -0.232 e. The molecule has 0 aliphatic carbocycles. The first-order chi connectivity index (χ1) is 2.91. The molecule has 0 rings (SSSR count). The third-order valence-electron chi connectivity index (χ3n) is 0.359. The van der Waals surface area contributed by atoms with E-state index in [9.17, 15) is 10.2 Å². The Kier molecular flexibility index (Phi) is 4.40. The molecule has 34 valence electrons. The summed E-state index contributed by atoms with van der Waals surface area (Å²) in [6.45, 7) is -0.551. The highest BCUT2D eigenvalue weighted by atomic mass is 16.3. The predicted octanol–water partition coefficient (Wildman–Crippen LogP) is 0.404. The van der Waals surface area contributed by atoms with Crippen LogP contribution in [0.3, 0.4) is 0 Å². The Bertz CT molecular complexity index is 34.8. The summed E-state index contributed by atoms with van der Waals surface area (Å²) in [5.41, 5.74) is 0. The largest absolute Gasteiger partial charge is 0.232 e. The van der Waals surface area contributed by atoms with Crippen molar-refractivity contribution in [1.29, 1.82) is 0 Å². The first-order valence-electron chi connectivity index (χ1n) is 1.73. The Hall–Kier alpha value is -0.340. The molecule has 0 unspecified atom stereocenters. The van der Waals surface area contributed by atoms with E-state index in [1.807, 2.05) is 0 Å². The van der Waals surface area contributed by atoms with Crippen LogP contribution in [0.25, 0.3) is 0 Å². The summed E-state index contributed by atoms with van der Waals surface area (Å²) in [6.07, 6.45) is 2.62. The molecule has 6 heavy (non-hydrogen) atoms. The fraction of sp³-hybridized carbons (Fsp3) is 0.500. The van der Waals surface area contributed by atoms with Crippen LogP contribution in [0.15, 0.2) is 12.2 Å². The van der Waals surface area contributed by atoms with Gasteiger partial charge < -0.3 is 0 Å². The molecule has 0 heterocycles. The van der Waals surface area contributed by atoms with Crippen LogP contribution in [0.5, 0.6) is 0 Å². The van der Waals surface area contributed by atoms with Crippen molar-refractivity contribution in [2.75, 3.05) is 13.2 Å². The molecule has 0 fully saturated rings. The lowest BCUT2D eigenvalue weighted by molar-refractivity contribution is 0.220. The van der Waals surface area contributed by atoms with Gasteiger partial charge in [-0.25, -0.2) is 10.2 Å². The van der Waals surface area contributed by atoms with Gasteiger partial charge in [0.1, 0.15) is 13.2 Å². The first-order valence-corrected chi connectivity index (χ1v) is 1.73. The van der Waals surface area contributed by atoms with Crippen LogP contribution in [0.2, 0.25) is 0 Å². The van der Waals surface area contributed by atoms with E-state index in [-0.39, 0.29) is 13.2 Å². The molecule has 0 atom stereocenters. The smallest absolute Gasteiger partial charge is 0.100 e. The molecular formula is C4H6O2. The molecule has 0 aliphatic rings. The molecule has 0 amide bonds. The van der Waals surface area contributed by atoms with Gasteiger partial charge in [-0.1, -0.05) is 12.2 Å². The fourth-order valence-corrected chi connectivity index (χ4v) is 0.136. The normalized spacial score (nSPS) is 10.3. The van der Waals surface area contributed by atoms with Crippen molar-refractivity contribution in [3.05, 3.63) is 12.2 Å². The Morgan fingerprint density at radius 3 is 1.50 bits per heavy atom. The van der Waals surface area contributed by atoms with Gasteiger partial charge in [0.2, 0.25) is 0 Å². The molecular weight excluding hydrogens is 80.0 g/mol. The van der Waals surface area contributed by atoms with Gasteiger partial charge in [-0.15, -0.1) is 0 Å². The van der Waals surface area contributed by atoms with E-state index in [0.717, 1.165) is 0 Å². The van der Waals surface area contributed by atoms with Crippen molar-refractivity contribution >= 4 is 0 Å². The predicted molar refractivity (Wildman–Crippen MR) is 20.2 cm³/mol. The number of hydrogen-bond acceptors (Lipinski definition) is 0. The summed E-state index contributed by atoms with van der Waals surface area (Å²) in [6, 6.07) is 0. The topological polar surface area (TPSA) is 39.8 Å². The fourth-order valence-electron chi connectivity index (χ4n) is 0.136. The van der Waals surface area contributed by atoms with E-state index in [0.29, 0.717) is 0 Å². The average Bonchev–Trinajstić information content (AvgIpc) is 1.61. The summed E-state index contributed by atoms with van der Waals surface area (Å²) >= 11 is 0. The summed E-state index contributed by atoms with van der Waals surface area (Å²) in [5, 5.41) is 18.9. The van der Waals surface area contributed by atoms with E-state index in [1.165, 1.54) is 12.2 Å². The second kappa shape index (κ2) is 4.66. The zero-order chi connectivity index (χ0) is 4.83. The zero-order valence-electron chi connectivity index (χ0n) is 3.39. The maximum Gasteiger partial charge on any atom is 0.100 e. The van der Waals surface area contributed by atoms with Crippen LogP contribution in [-0.2, 0) is 10.2 Å². The summed E-state index contributed by atoms with van der Waals surface area (Å²) in [4.78, 5) is 0. The lowest BCUT2D eigenvalue weighted by Gasteiger charge is -1.68. The summed E-state index contributed by atoms with van der Waals surface area (Å²) in [5.74, 6) is 0. The molecule has 0 saturated carbocycles. The van der Waals surface area contributed by atoms with Crippen LogP contribution in [0.4, 0.5) is 0 Å². The molecule has 0 aliphatic heterocycles. The van der Waals surface area contributed by atoms with Crippen LogP contribution in [-0.4, -0.2) is 13.2 Å². The van der Waals surface area contributed by atoms with Gasteiger partial charge in [0.05, 0.1) is 0 Å². The van der Waals surface area contributed by atoms with Gasteiger partial charge in [-0.2, -0.15) is 0 Å². The van der Waals surface area contributed by atoms with Gasteiger partial charge in [0.25, 0.3) is 0 Å². The number of hydrogen-bond donors (Lipinski definition) is 0. The molecule has 0 spiro atoms. The summed E-state index contributed by atoms with van der Waals surface area (Å²) < 4.78 is 0. The first kappa shape index (κ1) is 5.66. The van der Waals surface area contributed by atoms with Crippen molar-refractivity contribution in [2.24, 2.45) is 0 Å². The van der Waals surface area contributed by atoms with Gasteiger partial charge in [0.15, 0.2) is 0 Å². The highest BCUT2D eigenvalue weighted by Crippen LogP contribution is 1.65. The van der Waals surface area contributed by atoms with Crippen LogP contribution < -0.4 is 0 Å².